The highest BCUT2D eigenvalue weighted by Crippen LogP contribution is 2.37. The van der Waals surface area contributed by atoms with Gasteiger partial charge in [0.2, 0.25) is 0 Å². The number of hydrogen-bond acceptors (Lipinski definition) is 3. The van der Waals surface area contributed by atoms with Crippen LogP contribution in [0.4, 0.5) is 16.2 Å². The van der Waals surface area contributed by atoms with E-state index in [4.69, 9.17) is 5.73 Å². The van der Waals surface area contributed by atoms with Gasteiger partial charge in [-0.3, -0.25) is 0 Å². The first-order chi connectivity index (χ1) is 9.63. The van der Waals surface area contributed by atoms with Crippen LogP contribution >= 0.6 is 11.8 Å². The van der Waals surface area contributed by atoms with Gasteiger partial charge < -0.3 is 16.4 Å². The number of hydrogen-bond donors (Lipinski definition) is 3. The first-order valence-electron chi connectivity index (χ1n) is 7.09. The quantitative estimate of drug-likeness (QED) is 0.745. The largest absolute Gasteiger partial charge is 0.399 e. The lowest BCUT2D eigenvalue weighted by atomic mass is 9.88. The van der Waals surface area contributed by atoms with Gasteiger partial charge in [-0.1, -0.05) is 25.3 Å². The van der Waals surface area contributed by atoms with Gasteiger partial charge in [-0.05, 0) is 37.3 Å². The zero-order valence-electron chi connectivity index (χ0n) is 11.9. The Morgan fingerprint density at radius 3 is 2.75 bits per heavy atom. The van der Waals surface area contributed by atoms with Crippen molar-refractivity contribution in [1.82, 2.24) is 5.32 Å². The molecule has 110 valence electrons. The third-order valence-corrected chi connectivity index (χ3v) is 5.33. The molecule has 1 aliphatic carbocycles. The molecule has 0 aliphatic heterocycles. The standard InChI is InChI=1S/C15H23N3OS/c1-20-15(8-3-2-4-9-15)11-17-14(19)18-13-7-5-6-12(16)10-13/h5-7,10H,2-4,8-9,11,16H2,1H3,(H2,17,18,19). The van der Waals surface area contributed by atoms with E-state index >= 15 is 0 Å². The Labute approximate surface area is 124 Å². The zero-order valence-corrected chi connectivity index (χ0v) is 12.8. The van der Waals surface area contributed by atoms with Gasteiger partial charge in [-0.2, -0.15) is 11.8 Å². The number of nitrogens with one attached hydrogen (secondary N) is 2. The minimum Gasteiger partial charge on any atom is -0.399 e. The lowest BCUT2D eigenvalue weighted by Gasteiger charge is -2.35. The lowest BCUT2D eigenvalue weighted by Crippen LogP contribution is -2.43. The molecule has 1 saturated carbocycles. The van der Waals surface area contributed by atoms with Crippen LogP contribution in [0.3, 0.4) is 0 Å². The highest BCUT2D eigenvalue weighted by Gasteiger charge is 2.31. The molecule has 0 spiro atoms. The number of carbonyl (C=O) groups excluding carboxylic acids is 1. The Morgan fingerprint density at radius 2 is 2.10 bits per heavy atom. The Kier molecular flexibility index (Phi) is 5.17. The molecular weight excluding hydrogens is 270 g/mol. The summed E-state index contributed by atoms with van der Waals surface area (Å²) < 4.78 is 0.214. The smallest absolute Gasteiger partial charge is 0.319 e. The van der Waals surface area contributed by atoms with Crippen molar-refractivity contribution in [3.8, 4) is 0 Å². The van der Waals surface area contributed by atoms with Crippen LogP contribution in [-0.2, 0) is 0 Å². The van der Waals surface area contributed by atoms with Gasteiger partial charge in [-0.25, -0.2) is 4.79 Å². The van der Waals surface area contributed by atoms with Crippen LogP contribution in [0.15, 0.2) is 24.3 Å². The van der Waals surface area contributed by atoms with Crippen LogP contribution < -0.4 is 16.4 Å². The molecule has 0 atom stereocenters. The van der Waals surface area contributed by atoms with Crippen LogP contribution in [-0.4, -0.2) is 23.6 Å². The Morgan fingerprint density at radius 1 is 1.35 bits per heavy atom. The maximum absolute atomic E-state index is 12.0. The number of anilines is 2. The molecule has 1 aliphatic rings. The molecule has 0 radical (unpaired) electrons. The molecule has 2 amide bonds. The highest BCUT2D eigenvalue weighted by atomic mass is 32.2. The summed E-state index contributed by atoms with van der Waals surface area (Å²) in [6.45, 7) is 0.725. The van der Waals surface area contributed by atoms with Crippen molar-refractivity contribution >= 4 is 29.2 Å². The molecule has 4 N–H and O–H groups in total. The summed E-state index contributed by atoms with van der Waals surface area (Å²) in [5.41, 5.74) is 7.07. The highest BCUT2D eigenvalue weighted by molar-refractivity contribution is 8.00. The first-order valence-corrected chi connectivity index (χ1v) is 8.32. The van der Waals surface area contributed by atoms with E-state index in [2.05, 4.69) is 16.9 Å². The molecule has 0 heterocycles. The van der Waals surface area contributed by atoms with Crippen LogP contribution in [0.5, 0.6) is 0 Å². The van der Waals surface area contributed by atoms with Gasteiger partial charge >= 0.3 is 6.03 Å². The topological polar surface area (TPSA) is 67.2 Å². The van der Waals surface area contributed by atoms with Crippen LogP contribution in [0.25, 0.3) is 0 Å². The predicted octanol–water partition coefficient (Wildman–Crippen LogP) is 3.46. The fourth-order valence-electron chi connectivity index (χ4n) is 2.68. The number of rotatable bonds is 4. The molecule has 5 heteroatoms. The molecule has 2 rings (SSSR count). The van der Waals surface area contributed by atoms with Gasteiger partial charge in [0.05, 0.1) is 0 Å². The molecule has 1 aromatic rings. The van der Waals surface area contributed by atoms with Crippen molar-refractivity contribution in [1.29, 1.82) is 0 Å². The number of nitrogens with two attached hydrogens (primary N) is 1. The van der Waals surface area contributed by atoms with Gasteiger partial charge in [0.15, 0.2) is 0 Å². The summed E-state index contributed by atoms with van der Waals surface area (Å²) in [4.78, 5) is 12.0. The van der Waals surface area contributed by atoms with E-state index in [0.717, 1.165) is 12.2 Å². The van der Waals surface area contributed by atoms with Crippen LogP contribution in [0, 0.1) is 0 Å². The summed E-state index contributed by atoms with van der Waals surface area (Å²) in [6, 6.07) is 7.06. The van der Waals surface area contributed by atoms with Crippen molar-refractivity contribution in [2.24, 2.45) is 0 Å². The van der Waals surface area contributed by atoms with E-state index in [-0.39, 0.29) is 10.8 Å². The third-order valence-electron chi connectivity index (χ3n) is 3.91. The Balaban J connectivity index is 1.85. The molecule has 0 bridgehead atoms. The maximum atomic E-state index is 12.0. The first kappa shape index (κ1) is 15.0. The summed E-state index contributed by atoms with van der Waals surface area (Å²) in [7, 11) is 0. The normalized spacial score (nSPS) is 17.4. The summed E-state index contributed by atoms with van der Waals surface area (Å²) >= 11 is 1.88. The monoisotopic (exact) mass is 293 g/mol. The predicted molar refractivity (Wildman–Crippen MR) is 87.2 cm³/mol. The van der Waals surface area contributed by atoms with Gasteiger partial charge in [0.1, 0.15) is 0 Å². The molecule has 4 nitrogen and oxygen atoms in total. The Bertz CT molecular complexity index is 458. The summed E-state index contributed by atoms with van der Waals surface area (Å²) in [6.07, 6.45) is 8.36. The molecule has 1 fully saturated rings. The van der Waals surface area contributed by atoms with Gasteiger partial charge in [0, 0.05) is 22.7 Å². The van der Waals surface area contributed by atoms with Crippen molar-refractivity contribution in [2.45, 2.75) is 36.9 Å². The second-order valence-electron chi connectivity index (χ2n) is 5.38. The third kappa shape index (κ3) is 4.07. The number of nitrogen functional groups attached to an aromatic ring is 1. The molecule has 0 aromatic heterocycles. The fraction of sp³-hybridized carbons (Fsp3) is 0.533. The summed E-state index contributed by atoms with van der Waals surface area (Å²) in [5.74, 6) is 0. The second kappa shape index (κ2) is 6.88. The molecule has 0 unspecified atom stereocenters. The second-order valence-corrected chi connectivity index (χ2v) is 6.66. The van der Waals surface area contributed by atoms with E-state index in [1.54, 1.807) is 12.1 Å². The van der Waals surface area contributed by atoms with E-state index < -0.39 is 0 Å². The fourth-order valence-corrected chi connectivity index (χ4v) is 3.60. The number of urea groups is 1. The molecule has 0 saturated heterocycles. The van der Waals surface area contributed by atoms with E-state index in [9.17, 15) is 4.79 Å². The molecular formula is C15H23N3OS. The molecule has 20 heavy (non-hydrogen) atoms. The maximum Gasteiger partial charge on any atom is 0.319 e. The van der Waals surface area contributed by atoms with Gasteiger partial charge in [-0.15, -0.1) is 0 Å². The average Bonchev–Trinajstić information content (AvgIpc) is 2.46. The number of carbonyl (C=O) groups is 1. The number of amides is 2. The van der Waals surface area contributed by atoms with E-state index in [1.807, 2.05) is 23.9 Å². The zero-order chi connectivity index (χ0) is 14.4. The van der Waals surface area contributed by atoms with E-state index in [0.29, 0.717) is 5.69 Å². The van der Waals surface area contributed by atoms with Gasteiger partial charge in [0.25, 0.3) is 0 Å². The van der Waals surface area contributed by atoms with Crippen LogP contribution in [0.1, 0.15) is 32.1 Å². The number of benzene rings is 1. The lowest BCUT2D eigenvalue weighted by molar-refractivity contribution is 0.249. The van der Waals surface area contributed by atoms with Crippen molar-refractivity contribution in [3.05, 3.63) is 24.3 Å². The SMILES string of the molecule is CSC1(CNC(=O)Nc2cccc(N)c2)CCCCC1. The summed E-state index contributed by atoms with van der Waals surface area (Å²) in [5, 5.41) is 5.82. The minimum atomic E-state index is -0.158. The van der Waals surface area contributed by atoms with E-state index in [1.165, 1.54) is 32.1 Å². The molecule has 1 aromatic carbocycles. The number of thioether (sulfide) groups is 1. The van der Waals surface area contributed by atoms with Crippen molar-refractivity contribution in [2.75, 3.05) is 23.9 Å². The van der Waals surface area contributed by atoms with Crippen LogP contribution in [0.2, 0.25) is 0 Å². The minimum absolute atomic E-state index is 0.158. The average molecular weight is 293 g/mol. The Hall–Kier alpha value is -1.36. The van der Waals surface area contributed by atoms with Crippen molar-refractivity contribution in [3.63, 3.8) is 0 Å². The van der Waals surface area contributed by atoms with Crippen molar-refractivity contribution < 1.29 is 4.79 Å².